The number of aliphatic hydroxyl groups excluding tert-OH is 1. The van der Waals surface area contributed by atoms with Crippen molar-refractivity contribution in [2.45, 2.75) is 123 Å². The van der Waals surface area contributed by atoms with Crippen molar-refractivity contribution in [3.05, 3.63) is 0 Å². The Hall–Kier alpha value is -0.180. The number of hydrogen-bond acceptors (Lipinski definition) is 5. The number of aliphatic hydroxyl groups is 1. The molecular weight excluding hydrogens is 470 g/mol. The first-order valence-electron chi connectivity index (χ1n) is 12.7. The Bertz CT molecular complexity index is 656. The normalized spacial score (nSPS) is 43.4. The molecule has 0 heterocycles. The average Bonchev–Trinajstić information content (AvgIpc) is 2.80. The molecular formula is C24H39Cl2FN2O4. The highest BCUT2D eigenvalue weighted by molar-refractivity contribution is 6.21. The van der Waals surface area contributed by atoms with Crippen LogP contribution in [-0.2, 0) is 14.3 Å². The van der Waals surface area contributed by atoms with Crippen molar-refractivity contribution in [1.82, 2.24) is 10.6 Å². The summed E-state index contributed by atoms with van der Waals surface area (Å²) in [4.78, 5) is 12.6. The molecule has 190 valence electrons. The zero-order valence-electron chi connectivity index (χ0n) is 19.4. The standard InChI is InChI=1S/C24H39Cl2FN2O4/c25-16-1-3-17(4-2-16)32-12-11-28-24-9-7-23(8-10-24,14-21(24)30)29-22(31)15-33-18-5-6-19(26)20(27)13-18/h16-21,28,30H,1-15H2,(H,29,31). The van der Waals surface area contributed by atoms with Crippen LogP contribution in [0.3, 0.4) is 0 Å². The summed E-state index contributed by atoms with van der Waals surface area (Å²) >= 11 is 12.1. The molecule has 4 unspecified atom stereocenters. The van der Waals surface area contributed by atoms with Gasteiger partial charge in [0.15, 0.2) is 0 Å². The van der Waals surface area contributed by atoms with Gasteiger partial charge in [0.05, 0.1) is 30.3 Å². The monoisotopic (exact) mass is 508 g/mol. The van der Waals surface area contributed by atoms with Gasteiger partial charge < -0.3 is 25.2 Å². The first kappa shape index (κ1) is 25.9. The van der Waals surface area contributed by atoms with Crippen molar-refractivity contribution in [3.8, 4) is 0 Å². The fourth-order valence-electron chi connectivity index (χ4n) is 6.18. The zero-order chi connectivity index (χ0) is 23.5. The Kier molecular flexibility index (Phi) is 8.83. The van der Waals surface area contributed by atoms with Gasteiger partial charge in [-0.3, -0.25) is 4.79 Å². The van der Waals surface area contributed by atoms with Gasteiger partial charge in [-0.15, -0.1) is 23.2 Å². The third kappa shape index (κ3) is 6.53. The van der Waals surface area contributed by atoms with E-state index in [1.807, 2.05) is 0 Å². The van der Waals surface area contributed by atoms with Gasteiger partial charge in [0.25, 0.3) is 0 Å². The lowest BCUT2D eigenvalue weighted by Gasteiger charge is -2.56. The highest BCUT2D eigenvalue weighted by Gasteiger charge is 2.54. The van der Waals surface area contributed by atoms with Gasteiger partial charge in [0.2, 0.25) is 5.91 Å². The van der Waals surface area contributed by atoms with Gasteiger partial charge in [0, 0.05) is 29.4 Å². The SMILES string of the molecule is O=C(COC1CCC(Cl)C(F)C1)NC12CCC(NCCOC3CCC(Cl)CC3)(CC1)C(O)C2. The van der Waals surface area contributed by atoms with Crippen LogP contribution in [0, 0.1) is 0 Å². The number of alkyl halides is 3. The van der Waals surface area contributed by atoms with E-state index in [0.29, 0.717) is 43.9 Å². The third-order valence-electron chi connectivity index (χ3n) is 8.36. The molecule has 0 saturated heterocycles. The van der Waals surface area contributed by atoms with Crippen LogP contribution in [0.25, 0.3) is 0 Å². The van der Waals surface area contributed by atoms with Crippen LogP contribution in [0.4, 0.5) is 4.39 Å². The van der Waals surface area contributed by atoms with Crippen LogP contribution >= 0.6 is 23.2 Å². The van der Waals surface area contributed by atoms with E-state index in [-0.39, 0.29) is 36.1 Å². The summed E-state index contributed by atoms with van der Waals surface area (Å²) in [6.45, 7) is 1.27. The lowest BCUT2D eigenvalue weighted by atomic mass is 9.60. The number of carbonyl (C=O) groups excluding carboxylic acids is 1. The van der Waals surface area contributed by atoms with Gasteiger partial charge in [-0.05, 0) is 70.6 Å². The van der Waals surface area contributed by atoms with Gasteiger partial charge in [0.1, 0.15) is 12.8 Å². The summed E-state index contributed by atoms with van der Waals surface area (Å²) in [7, 11) is 0. The number of hydrogen-bond donors (Lipinski definition) is 3. The number of halogens is 3. The zero-order valence-corrected chi connectivity index (χ0v) is 20.9. The van der Waals surface area contributed by atoms with Crippen molar-refractivity contribution in [3.63, 3.8) is 0 Å². The predicted molar refractivity (Wildman–Crippen MR) is 127 cm³/mol. The van der Waals surface area contributed by atoms with E-state index >= 15 is 0 Å². The van der Waals surface area contributed by atoms with Crippen molar-refractivity contribution in [2.24, 2.45) is 0 Å². The number of nitrogens with one attached hydrogen (secondary N) is 2. The summed E-state index contributed by atoms with van der Waals surface area (Å²) < 4.78 is 25.5. The number of carbonyl (C=O) groups is 1. The van der Waals surface area contributed by atoms with Crippen molar-refractivity contribution in [1.29, 1.82) is 0 Å². The van der Waals surface area contributed by atoms with Crippen LogP contribution in [0.1, 0.15) is 77.0 Å². The van der Waals surface area contributed by atoms with Crippen molar-refractivity contribution < 1.29 is 23.8 Å². The third-order valence-corrected chi connectivity index (χ3v) is 9.29. The second-order valence-corrected chi connectivity index (χ2v) is 11.8. The average molecular weight is 509 g/mol. The maximum Gasteiger partial charge on any atom is 0.246 e. The summed E-state index contributed by atoms with van der Waals surface area (Å²) in [6.07, 6.45) is 7.85. The van der Waals surface area contributed by atoms with Gasteiger partial charge in [-0.2, -0.15) is 0 Å². The number of rotatable bonds is 9. The highest BCUT2D eigenvalue weighted by Crippen LogP contribution is 2.47. The minimum Gasteiger partial charge on any atom is -0.391 e. The maximum atomic E-state index is 13.8. The van der Waals surface area contributed by atoms with Gasteiger partial charge >= 0.3 is 0 Å². The largest absolute Gasteiger partial charge is 0.391 e. The smallest absolute Gasteiger partial charge is 0.246 e. The Morgan fingerprint density at radius 1 is 1.00 bits per heavy atom. The Morgan fingerprint density at radius 2 is 1.70 bits per heavy atom. The fourth-order valence-corrected chi connectivity index (χ4v) is 6.66. The van der Waals surface area contributed by atoms with Crippen LogP contribution < -0.4 is 10.6 Å². The molecule has 0 aromatic heterocycles. The Balaban J connectivity index is 1.17. The second-order valence-electron chi connectivity index (χ2n) is 10.7. The Labute approximate surface area is 206 Å². The van der Waals surface area contributed by atoms with Crippen LogP contribution in [0.15, 0.2) is 0 Å². The van der Waals surface area contributed by atoms with E-state index in [4.69, 9.17) is 32.7 Å². The first-order chi connectivity index (χ1) is 15.8. The van der Waals surface area contributed by atoms with E-state index in [1.165, 1.54) is 0 Å². The molecule has 5 fully saturated rings. The highest BCUT2D eigenvalue weighted by atomic mass is 35.5. The minimum atomic E-state index is -1.08. The van der Waals surface area contributed by atoms with Gasteiger partial charge in [-0.1, -0.05) is 0 Å². The molecule has 5 saturated carbocycles. The molecule has 0 radical (unpaired) electrons. The molecule has 5 rings (SSSR count). The molecule has 5 aliphatic carbocycles. The lowest BCUT2D eigenvalue weighted by molar-refractivity contribution is -0.135. The summed E-state index contributed by atoms with van der Waals surface area (Å²) in [5.74, 6) is -0.187. The van der Waals surface area contributed by atoms with E-state index in [1.54, 1.807) is 0 Å². The summed E-state index contributed by atoms with van der Waals surface area (Å²) in [6, 6.07) is 0. The maximum absolute atomic E-state index is 13.8. The molecule has 3 N–H and O–H groups in total. The number of fused-ring (bicyclic) bond motifs is 3. The fraction of sp³-hybridized carbons (Fsp3) is 0.958. The molecule has 9 heteroatoms. The van der Waals surface area contributed by atoms with Crippen molar-refractivity contribution in [2.75, 3.05) is 19.8 Å². The lowest BCUT2D eigenvalue weighted by Crippen LogP contribution is -2.69. The molecule has 0 aromatic rings. The Morgan fingerprint density at radius 3 is 2.36 bits per heavy atom. The second kappa shape index (κ2) is 11.3. The van der Waals surface area contributed by atoms with E-state index in [2.05, 4.69) is 10.6 Å². The van der Waals surface area contributed by atoms with Crippen LogP contribution in [-0.4, -0.2) is 77.1 Å². The van der Waals surface area contributed by atoms with Gasteiger partial charge in [-0.25, -0.2) is 4.39 Å². The molecule has 0 spiro atoms. The molecule has 33 heavy (non-hydrogen) atoms. The first-order valence-corrected chi connectivity index (χ1v) is 13.6. The van der Waals surface area contributed by atoms with E-state index in [9.17, 15) is 14.3 Å². The summed E-state index contributed by atoms with van der Waals surface area (Å²) in [5, 5.41) is 17.5. The topological polar surface area (TPSA) is 79.8 Å². The molecule has 1 amide bonds. The molecule has 6 nitrogen and oxygen atoms in total. The van der Waals surface area contributed by atoms with E-state index in [0.717, 1.165) is 51.4 Å². The van der Waals surface area contributed by atoms with Crippen LogP contribution in [0.2, 0.25) is 0 Å². The van der Waals surface area contributed by atoms with E-state index < -0.39 is 17.7 Å². The van der Waals surface area contributed by atoms with Crippen LogP contribution in [0.5, 0.6) is 0 Å². The number of ether oxygens (including phenoxy) is 2. The number of amides is 1. The molecule has 0 aliphatic heterocycles. The quantitative estimate of drug-likeness (QED) is 0.327. The molecule has 4 atom stereocenters. The predicted octanol–water partition coefficient (Wildman–Crippen LogP) is 3.59. The van der Waals surface area contributed by atoms with Crippen molar-refractivity contribution >= 4 is 29.1 Å². The molecule has 5 aliphatic rings. The summed E-state index contributed by atoms with van der Waals surface area (Å²) in [5.41, 5.74) is -0.674. The molecule has 0 aromatic carbocycles. The minimum absolute atomic E-state index is 0.0749. The molecule has 2 bridgehead atoms.